The summed E-state index contributed by atoms with van der Waals surface area (Å²) in [5.74, 6) is 1.74. The van der Waals surface area contributed by atoms with E-state index in [1.54, 1.807) is 14.2 Å². The molecule has 2 rings (SSSR count). The van der Waals surface area contributed by atoms with Gasteiger partial charge in [0.1, 0.15) is 11.5 Å². The summed E-state index contributed by atoms with van der Waals surface area (Å²) < 4.78 is 10.5. The molecule has 3 heteroatoms. The van der Waals surface area contributed by atoms with Gasteiger partial charge < -0.3 is 14.8 Å². The van der Waals surface area contributed by atoms with Crippen molar-refractivity contribution in [3.63, 3.8) is 0 Å². The van der Waals surface area contributed by atoms with Crippen LogP contribution in [-0.4, -0.2) is 26.8 Å². The zero-order valence-electron chi connectivity index (χ0n) is 9.95. The Hall–Kier alpha value is -1.22. The van der Waals surface area contributed by atoms with Crippen LogP contribution in [0.15, 0.2) is 18.2 Å². The minimum absolute atomic E-state index is 0.608. The van der Waals surface area contributed by atoms with Gasteiger partial charge in [0, 0.05) is 12.1 Å². The van der Waals surface area contributed by atoms with Gasteiger partial charge in [-0.1, -0.05) is 0 Å². The smallest absolute Gasteiger partial charge is 0.122 e. The molecule has 0 aliphatic carbocycles. The van der Waals surface area contributed by atoms with Crippen molar-refractivity contribution in [1.82, 2.24) is 5.32 Å². The molecule has 1 saturated heterocycles. The highest BCUT2D eigenvalue weighted by atomic mass is 16.5. The van der Waals surface area contributed by atoms with Crippen LogP contribution in [0.3, 0.4) is 0 Å². The molecule has 0 spiro atoms. The Balaban J connectivity index is 2.12. The number of benzene rings is 1. The second-order valence-electron chi connectivity index (χ2n) is 4.22. The summed E-state index contributed by atoms with van der Waals surface area (Å²) in [6.07, 6.45) is 3.60. The molecule has 0 radical (unpaired) electrons. The van der Waals surface area contributed by atoms with Crippen molar-refractivity contribution in [3.05, 3.63) is 23.8 Å². The highest BCUT2D eigenvalue weighted by Gasteiger charge is 2.15. The Morgan fingerprint density at radius 1 is 1.19 bits per heavy atom. The molecule has 1 aromatic rings. The predicted molar refractivity (Wildman–Crippen MR) is 64.3 cm³/mol. The van der Waals surface area contributed by atoms with Crippen LogP contribution in [0.25, 0.3) is 0 Å². The zero-order valence-corrected chi connectivity index (χ0v) is 9.95. The topological polar surface area (TPSA) is 30.5 Å². The van der Waals surface area contributed by atoms with Crippen LogP contribution in [0.1, 0.15) is 18.4 Å². The fourth-order valence-electron chi connectivity index (χ4n) is 2.20. The van der Waals surface area contributed by atoms with E-state index in [0.29, 0.717) is 6.04 Å². The Morgan fingerprint density at radius 2 is 1.88 bits per heavy atom. The lowest BCUT2D eigenvalue weighted by Crippen LogP contribution is -2.23. The van der Waals surface area contributed by atoms with Gasteiger partial charge in [-0.25, -0.2) is 0 Å². The standard InChI is InChI=1S/C13H19NO2/c1-15-12-7-10(8-13(9-12)16-2)6-11-4-3-5-14-11/h7-9,11,14H,3-6H2,1-2H3. The van der Waals surface area contributed by atoms with Crippen LogP contribution in [0.5, 0.6) is 11.5 Å². The van der Waals surface area contributed by atoms with Crippen LogP contribution >= 0.6 is 0 Å². The highest BCUT2D eigenvalue weighted by molar-refractivity contribution is 5.38. The summed E-state index contributed by atoms with van der Waals surface area (Å²) in [6, 6.07) is 6.69. The third-order valence-corrected chi connectivity index (χ3v) is 3.06. The molecule has 1 atom stereocenters. The molecule has 0 aromatic heterocycles. The second kappa shape index (κ2) is 5.21. The molecule has 0 amide bonds. The Morgan fingerprint density at radius 3 is 2.38 bits per heavy atom. The Bertz CT molecular complexity index is 324. The summed E-state index contributed by atoms with van der Waals surface area (Å²) in [5.41, 5.74) is 1.27. The van der Waals surface area contributed by atoms with Gasteiger partial charge in [-0.3, -0.25) is 0 Å². The summed E-state index contributed by atoms with van der Waals surface area (Å²) in [7, 11) is 3.37. The second-order valence-corrected chi connectivity index (χ2v) is 4.22. The predicted octanol–water partition coefficient (Wildman–Crippen LogP) is 2.00. The summed E-state index contributed by atoms with van der Waals surface area (Å²) in [4.78, 5) is 0. The SMILES string of the molecule is COc1cc(CC2CCCN2)cc(OC)c1. The van der Waals surface area contributed by atoms with Crippen molar-refractivity contribution in [1.29, 1.82) is 0 Å². The van der Waals surface area contributed by atoms with E-state index in [4.69, 9.17) is 9.47 Å². The van der Waals surface area contributed by atoms with Crippen LogP contribution in [0.2, 0.25) is 0 Å². The summed E-state index contributed by atoms with van der Waals surface area (Å²) in [6.45, 7) is 1.14. The molecule has 0 saturated carbocycles. The minimum Gasteiger partial charge on any atom is -0.497 e. The lowest BCUT2D eigenvalue weighted by molar-refractivity contribution is 0.393. The first kappa shape index (κ1) is 11.3. The lowest BCUT2D eigenvalue weighted by atomic mass is 10.0. The average molecular weight is 221 g/mol. The number of nitrogens with one attached hydrogen (secondary N) is 1. The third kappa shape index (κ3) is 2.67. The molecule has 1 aliphatic rings. The molecule has 1 aliphatic heterocycles. The van der Waals surface area contributed by atoms with Gasteiger partial charge in [0.25, 0.3) is 0 Å². The van der Waals surface area contributed by atoms with Gasteiger partial charge in [-0.15, -0.1) is 0 Å². The van der Waals surface area contributed by atoms with Crippen LogP contribution in [-0.2, 0) is 6.42 Å². The van der Waals surface area contributed by atoms with Crippen molar-refractivity contribution in [2.24, 2.45) is 0 Å². The first-order chi connectivity index (χ1) is 7.81. The highest BCUT2D eigenvalue weighted by Crippen LogP contribution is 2.24. The van der Waals surface area contributed by atoms with Gasteiger partial charge >= 0.3 is 0 Å². The number of hydrogen-bond acceptors (Lipinski definition) is 3. The van der Waals surface area contributed by atoms with E-state index in [-0.39, 0.29) is 0 Å². The summed E-state index contributed by atoms with van der Waals surface area (Å²) in [5, 5.41) is 3.50. The van der Waals surface area contributed by atoms with Crippen LogP contribution in [0.4, 0.5) is 0 Å². The number of methoxy groups -OCH3 is 2. The third-order valence-electron chi connectivity index (χ3n) is 3.06. The van der Waals surface area contributed by atoms with E-state index in [9.17, 15) is 0 Å². The van der Waals surface area contributed by atoms with Crippen LogP contribution in [0, 0.1) is 0 Å². The van der Waals surface area contributed by atoms with Crippen LogP contribution < -0.4 is 14.8 Å². The van der Waals surface area contributed by atoms with Crippen molar-refractivity contribution in [2.45, 2.75) is 25.3 Å². The van der Waals surface area contributed by atoms with Gasteiger partial charge in [0.05, 0.1) is 14.2 Å². The summed E-state index contributed by atoms with van der Waals surface area (Å²) >= 11 is 0. The quantitative estimate of drug-likeness (QED) is 0.843. The van der Waals surface area contributed by atoms with Gasteiger partial charge in [0.15, 0.2) is 0 Å². The molecule has 3 nitrogen and oxygen atoms in total. The largest absolute Gasteiger partial charge is 0.497 e. The van der Waals surface area contributed by atoms with Crippen molar-refractivity contribution >= 4 is 0 Å². The van der Waals surface area contributed by atoms with Crippen molar-refractivity contribution in [3.8, 4) is 11.5 Å². The van der Waals surface area contributed by atoms with Gasteiger partial charge in [-0.2, -0.15) is 0 Å². The lowest BCUT2D eigenvalue weighted by Gasteiger charge is -2.12. The minimum atomic E-state index is 0.608. The van der Waals surface area contributed by atoms with Crippen molar-refractivity contribution in [2.75, 3.05) is 20.8 Å². The van der Waals surface area contributed by atoms with E-state index in [2.05, 4.69) is 17.4 Å². The van der Waals surface area contributed by atoms with E-state index in [1.165, 1.54) is 18.4 Å². The zero-order chi connectivity index (χ0) is 11.4. The molecule has 1 aromatic carbocycles. The van der Waals surface area contributed by atoms with E-state index in [0.717, 1.165) is 24.5 Å². The number of hydrogen-bond donors (Lipinski definition) is 1. The first-order valence-corrected chi connectivity index (χ1v) is 5.77. The monoisotopic (exact) mass is 221 g/mol. The fraction of sp³-hybridized carbons (Fsp3) is 0.538. The maximum Gasteiger partial charge on any atom is 0.122 e. The molecule has 88 valence electrons. The number of rotatable bonds is 4. The van der Waals surface area contributed by atoms with E-state index in [1.807, 2.05) is 6.07 Å². The van der Waals surface area contributed by atoms with Gasteiger partial charge in [-0.05, 0) is 43.5 Å². The Kier molecular flexibility index (Phi) is 3.67. The van der Waals surface area contributed by atoms with E-state index >= 15 is 0 Å². The fourth-order valence-corrected chi connectivity index (χ4v) is 2.20. The maximum absolute atomic E-state index is 5.26. The molecule has 1 heterocycles. The molecule has 16 heavy (non-hydrogen) atoms. The molecule has 1 N–H and O–H groups in total. The average Bonchev–Trinajstić information content (AvgIpc) is 2.81. The molecular weight excluding hydrogens is 202 g/mol. The van der Waals surface area contributed by atoms with Gasteiger partial charge in [0.2, 0.25) is 0 Å². The Labute approximate surface area is 96.8 Å². The maximum atomic E-state index is 5.26. The molecule has 1 fully saturated rings. The normalized spacial score (nSPS) is 19.8. The molecule has 0 bridgehead atoms. The van der Waals surface area contributed by atoms with Crippen molar-refractivity contribution < 1.29 is 9.47 Å². The molecule has 1 unspecified atom stereocenters. The number of ether oxygens (including phenoxy) is 2. The van der Waals surface area contributed by atoms with E-state index < -0.39 is 0 Å². The first-order valence-electron chi connectivity index (χ1n) is 5.77. The molecular formula is C13H19NO2.